The molecule has 1 spiro atoms. The molecule has 2 aliphatic rings. The van der Waals surface area contributed by atoms with Crippen LogP contribution in [-0.4, -0.2) is 60.4 Å². The van der Waals surface area contributed by atoms with Crippen molar-refractivity contribution in [2.45, 2.75) is 44.8 Å². The van der Waals surface area contributed by atoms with Crippen LogP contribution in [0, 0.1) is 6.92 Å². The summed E-state index contributed by atoms with van der Waals surface area (Å²) >= 11 is 0. The van der Waals surface area contributed by atoms with Gasteiger partial charge >= 0.3 is 0 Å². The molecule has 3 rings (SSSR count). The number of nitrogens with zero attached hydrogens (tertiary/aromatic N) is 2. The summed E-state index contributed by atoms with van der Waals surface area (Å²) in [4.78, 5) is 16.6. The molecule has 1 aromatic carbocycles. The minimum Gasteiger partial charge on any atom is -0.389 e. The van der Waals surface area contributed by atoms with Crippen LogP contribution >= 0.6 is 0 Å². The predicted molar refractivity (Wildman–Crippen MR) is 94.2 cm³/mol. The number of piperidine rings is 1. The number of amides is 1. The Labute approximate surface area is 144 Å². The number of hydrogen-bond acceptors (Lipinski definition) is 4. The van der Waals surface area contributed by atoms with Crippen molar-refractivity contribution in [3.8, 4) is 0 Å². The minimum absolute atomic E-state index is 0.0820. The lowest BCUT2D eigenvalue weighted by Gasteiger charge is -2.42. The summed E-state index contributed by atoms with van der Waals surface area (Å²) in [6.45, 7) is 7.06. The molecule has 1 aromatic rings. The molecule has 1 amide bonds. The number of hydrogen-bond donors (Lipinski definition) is 1. The molecule has 1 N–H and O–H groups in total. The molecule has 5 nitrogen and oxygen atoms in total. The van der Waals surface area contributed by atoms with Gasteiger partial charge in [0.1, 0.15) is 0 Å². The number of aryl methyl sites for hydroxylation is 1. The topological polar surface area (TPSA) is 53.0 Å². The van der Waals surface area contributed by atoms with Gasteiger partial charge in [0, 0.05) is 31.9 Å². The molecule has 132 valence electrons. The summed E-state index contributed by atoms with van der Waals surface area (Å²) in [5.41, 5.74) is 1.73. The van der Waals surface area contributed by atoms with Crippen molar-refractivity contribution in [3.05, 3.63) is 29.8 Å². The summed E-state index contributed by atoms with van der Waals surface area (Å²) in [6.07, 6.45) is 2.25. The van der Waals surface area contributed by atoms with Crippen LogP contribution in [0.3, 0.4) is 0 Å². The van der Waals surface area contributed by atoms with E-state index < -0.39 is 6.10 Å². The highest BCUT2D eigenvalue weighted by atomic mass is 16.5. The van der Waals surface area contributed by atoms with Gasteiger partial charge in [-0.05, 0) is 50.8 Å². The van der Waals surface area contributed by atoms with Gasteiger partial charge in [-0.15, -0.1) is 0 Å². The van der Waals surface area contributed by atoms with Crippen LogP contribution < -0.4 is 4.90 Å². The summed E-state index contributed by atoms with van der Waals surface area (Å²) in [5, 5.41) is 10.5. The summed E-state index contributed by atoms with van der Waals surface area (Å²) in [7, 11) is 0. The number of aliphatic hydroxyl groups is 1. The number of aliphatic hydroxyl groups excluding tert-OH is 1. The van der Waals surface area contributed by atoms with Crippen LogP contribution in [0.2, 0.25) is 0 Å². The normalized spacial score (nSPS) is 27.5. The monoisotopic (exact) mass is 332 g/mol. The second-order valence-electron chi connectivity index (χ2n) is 6.99. The van der Waals surface area contributed by atoms with E-state index in [2.05, 4.69) is 4.90 Å². The van der Waals surface area contributed by atoms with Crippen LogP contribution in [0.15, 0.2) is 24.3 Å². The molecule has 0 radical (unpaired) electrons. The van der Waals surface area contributed by atoms with Crippen molar-refractivity contribution >= 4 is 11.6 Å². The van der Waals surface area contributed by atoms with Crippen LogP contribution in [-0.2, 0) is 9.53 Å². The van der Waals surface area contributed by atoms with Gasteiger partial charge in [-0.25, -0.2) is 0 Å². The third-order valence-corrected chi connectivity index (χ3v) is 5.31. The zero-order valence-electron chi connectivity index (χ0n) is 14.7. The SMILES string of the molecule is CCN(C(=O)CN1CC[C@@]2(CCCO2)[C@@H](O)C1)c1cccc(C)c1. The Morgan fingerprint density at radius 2 is 2.29 bits per heavy atom. The molecule has 0 bridgehead atoms. The van der Waals surface area contributed by atoms with Crippen molar-refractivity contribution in [2.24, 2.45) is 0 Å². The van der Waals surface area contributed by atoms with E-state index in [1.165, 1.54) is 0 Å². The molecule has 0 aliphatic carbocycles. The highest BCUT2D eigenvalue weighted by molar-refractivity contribution is 5.94. The summed E-state index contributed by atoms with van der Waals surface area (Å²) < 4.78 is 5.83. The third kappa shape index (κ3) is 3.48. The zero-order valence-corrected chi connectivity index (χ0v) is 14.7. The molecule has 2 aliphatic heterocycles. The lowest BCUT2D eigenvalue weighted by atomic mass is 9.86. The number of likely N-dealkylation sites (N-methyl/N-ethyl adjacent to an activating group) is 1. The van der Waals surface area contributed by atoms with Crippen molar-refractivity contribution in [2.75, 3.05) is 37.7 Å². The Balaban J connectivity index is 1.62. The number of anilines is 1. The first kappa shape index (κ1) is 17.4. The first-order valence-electron chi connectivity index (χ1n) is 8.95. The number of ether oxygens (including phenoxy) is 1. The maximum Gasteiger partial charge on any atom is 0.241 e. The molecule has 2 fully saturated rings. The maximum absolute atomic E-state index is 12.7. The number of benzene rings is 1. The fourth-order valence-corrected chi connectivity index (χ4v) is 3.91. The van der Waals surface area contributed by atoms with Crippen LogP contribution in [0.1, 0.15) is 31.7 Å². The lowest BCUT2D eigenvalue weighted by molar-refractivity contribution is -0.136. The molecule has 0 saturated carbocycles. The number of rotatable bonds is 4. The first-order valence-corrected chi connectivity index (χ1v) is 8.95. The first-order chi connectivity index (χ1) is 11.5. The van der Waals surface area contributed by atoms with E-state index in [-0.39, 0.29) is 11.5 Å². The Morgan fingerprint density at radius 1 is 1.46 bits per heavy atom. The van der Waals surface area contributed by atoms with Crippen molar-refractivity contribution in [1.29, 1.82) is 0 Å². The number of carbonyl (C=O) groups is 1. The van der Waals surface area contributed by atoms with Gasteiger partial charge in [0.2, 0.25) is 5.91 Å². The van der Waals surface area contributed by atoms with E-state index in [0.29, 0.717) is 19.6 Å². The van der Waals surface area contributed by atoms with Gasteiger partial charge in [0.05, 0.1) is 18.2 Å². The van der Waals surface area contributed by atoms with Crippen molar-refractivity contribution in [3.63, 3.8) is 0 Å². The van der Waals surface area contributed by atoms with E-state index in [9.17, 15) is 9.90 Å². The minimum atomic E-state index is -0.504. The molecular formula is C19H28N2O3. The quantitative estimate of drug-likeness (QED) is 0.916. The summed E-state index contributed by atoms with van der Waals surface area (Å²) in [5.74, 6) is 0.0820. The third-order valence-electron chi connectivity index (χ3n) is 5.31. The number of likely N-dealkylation sites (tertiary alicyclic amines) is 1. The van der Waals surface area contributed by atoms with Crippen LogP contribution in [0.25, 0.3) is 0 Å². The van der Waals surface area contributed by atoms with E-state index in [1.807, 2.05) is 43.0 Å². The van der Waals surface area contributed by atoms with E-state index in [0.717, 1.165) is 43.7 Å². The second kappa shape index (κ2) is 7.21. The Hall–Kier alpha value is -1.43. The largest absolute Gasteiger partial charge is 0.389 e. The van der Waals surface area contributed by atoms with Gasteiger partial charge in [-0.1, -0.05) is 12.1 Å². The molecule has 5 heteroatoms. The van der Waals surface area contributed by atoms with Crippen LogP contribution in [0.5, 0.6) is 0 Å². The van der Waals surface area contributed by atoms with Crippen LogP contribution in [0.4, 0.5) is 5.69 Å². The number of carbonyl (C=O) groups excluding carboxylic acids is 1. The van der Waals surface area contributed by atoms with Gasteiger partial charge in [0.25, 0.3) is 0 Å². The van der Waals surface area contributed by atoms with E-state index >= 15 is 0 Å². The van der Waals surface area contributed by atoms with Gasteiger partial charge in [0.15, 0.2) is 0 Å². The van der Waals surface area contributed by atoms with Gasteiger partial charge < -0.3 is 14.7 Å². The molecule has 24 heavy (non-hydrogen) atoms. The molecular weight excluding hydrogens is 304 g/mol. The lowest BCUT2D eigenvalue weighted by Crippen LogP contribution is -2.56. The Bertz CT molecular complexity index is 584. The highest BCUT2D eigenvalue weighted by Gasteiger charge is 2.45. The van der Waals surface area contributed by atoms with Crippen molar-refractivity contribution < 1.29 is 14.6 Å². The molecule has 2 heterocycles. The predicted octanol–water partition coefficient (Wildman–Crippen LogP) is 1.96. The standard InChI is InChI=1S/C19H28N2O3/c1-3-21(16-7-4-6-15(2)12-16)18(23)14-20-10-9-19(17(22)13-20)8-5-11-24-19/h4,6-7,12,17,22H,3,5,8-11,13-14H2,1-2H3/t17-,19-/m0/s1. The summed E-state index contributed by atoms with van der Waals surface area (Å²) in [6, 6.07) is 8.02. The fourth-order valence-electron chi connectivity index (χ4n) is 3.91. The van der Waals surface area contributed by atoms with Gasteiger partial charge in [-0.3, -0.25) is 9.69 Å². The second-order valence-corrected chi connectivity index (χ2v) is 6.99. The fraction of sp³-hybridized carbons (Fsp3) is 0.632. The Kier molecular flexibility index (Phi) is 5.23. The number of β-amino-alcohol motifs (C(OH)–C–C–N with tert-alkyl or cyclic N) is 1. The smallest absolute Gasteiger partial charge is 0.241 e. The maximum atomic E-state index is 12.7. The molecule has 2 atom stereocenters. The van der Waals surface area contributed by atoms with E-state index in [1.54, 1.807) is 0 Å². The molecule has 0 aromatic heterocycles. The average Bonchev–Trinajstić information content (AvgIpc) is 3.02. The zero-order chi connectivity index (χ0) is 17.2. The van der Waals surface area contributed by atoms with Gasteiger partial charge in [-0.2, -0.15) is 0 Å². The van der Waals surface area contributed by atoms with E-state index in [4.69, 9.17) is 4.74 Å². The highest BCUT2D eigenvalue weighted by Crippen LogP contribution is 2.35. The van der Waals surface area contributed by atoms with Crippen molar-refractivity contribution in [1.82, 2.24) is 4.90 Å². The average molecular weight is 332 g/mol. The molecule has 2 saturated heterocycles. The Morgan fingerprint density at radius 3 is 2.92 bits per heavy atom. The molecule has 0 unspecified atom stereocenters.